The molecule has 7 atom stereocenters. The summed E-state index contributed by atoms with van der Waals surface area (Å²) in [6.07, 6.45) is 2.56. The van der Waals surface area contributed by atoms with Gasteiger partial charge in [-0.05, 0) is 32.3 Å². The molecule has 3 fully saturated rings. The minimum absolute atomic E-state index is 0.124. The van der Waals surface area contributed by atoms with Crippen LogP contribution in [0.3, 0.4) is 0 Å². The molecule has 4 aliphatic rings. The third-order valence-corrected chi connectivity index (χ3v) is 6.51. The maximum Gasteiger partial charge on any atom is 0.334 e. The van der Waals surface area contributed by atoms with Crippen LogP contribution in [0.2, 0.25) is 0 Å². The van der Waals surface area contributed by atoms with Gasteiger partial charge in [0.15, 0.2) is 5.60 Å². The van der Waals surface area contributed by atoms with E-state index in [2.05, 4.69) is 6.58 Å². The first-order valence-electron chi connectivity index (χ1n) is 9.41. The maximum absolute atomic E-state index is 12.4. The summed E-state index contributed by atoms with van der Waals surface area (Å²) in [5, 5.41) is 11.6. The molecule has 0 aromatic carbocycles. The molecular formula is C20H26O7. The van der Waals surface area contributed by atoms with Crippen LogP contribution >= 0.6 is 0 Å². The second kappa shape index (κ2) is 5.65. The summed E-state index contributed by atoms with van der Waals surface area (Å²) in [6, 6.07) is 0. The van der Waals surface area contributed by atoms with Crippen LogP contribution < -0.4 is 0 Å². The molecule has 0 radical (unpaired) electrons. The van der Waals surface area contributed by atoms with Gasteiger partial charge in [-0.25, -0.2) is 14.6 Å². The van der Waals surface area contributed by atoms with E-state index in [1.165, 1.54) is 0 Å². The molecule has 0 unspecified atom stereocenters. The SMILES string of the molecule is C=C1C(=O)O[C@H]2[C@H]1C[C@@H](OC(=O)CC(C)C)[C@@](C)(O)[C@@]13C=C[C@@](C)(OO1)[C@H]23. The summed E-state index contributed by atoms with van der Waals surface area (Å²) in [5.74, 6) is -1.61. The highest BCUT2D eigenvalue weighted by Crippen LogP contribution is 2.61. The zero-order valence-corrected chi connectivity index (χ0v) is 16.1. The molecule has 0 aromatic heterocycles. The van der Waals surface area contributed by atoms with Crippen LogP contribution in [-0.2, 0) is 28.8 Å². The van der Waals surface area contributed by atoms with E-state index in [-0.39, 0.29) is 18.8 Å². The van der Waals surface area contributed by atoms with Crippen molar-refractivity contribution in [3.63, 3.8) is 0 Å². The quantitative estimate of drug-likeness (QED) is 0.347. The van der Waals surface area contributed by atoms with Gasteiger partial charge in [-0.3, -0.25) is 4.79 Å². The molecule has 2 aliphatic heterocycles. The number of ether oxygens (including phenoxy) is 2. The number of hydrogen-bond acceptors (Lipinski definition) is 7. The summed E-state index contributed by atoms with van der Waals surface area (Å²) in [5.41, 5.74) is -3.39. The molecule has 7 heteroatoms. The van der Waals surface area contributed by atoms with E-state index in [0.717, 1.165) is 0 Å². The average Bonchev–Trinajstić information content (AvgIpc) is 3.11. The van der Waals surface area contributed by atoms with Crippen LogP contribution in [-0.4, -0.2) is 46.1 Å². The lowest BCUT2D eigenvalue weighted by Crippen LogP contribution is -2.62. The Morgan fingerprint density at radius 1 is 1.37 bits per heavy atom. The predicted octanol–water partition coefficient (Wildman–Crippen LogP) is 1.84. The summed E-state index contributed by atoms with van der Waals surface area (Å²) < 4.78 is 11.3. The minimum atomic E-state index is -1.58. The lowest BCUT2D eigenvalue weighted by Gasteiger charge is -2.43. The summed E-state index contributed by atoms with van der Waals surface area (Å²) in [4.78, 5) is 35.8. The Balaban J connectivity index is 1.77. The Kier molecular flexibility index (Phi) is 3.91. The third-order valence-electron chi connectivity index (χ3n) is 6.51. The smallest absolute Gasteiger partial charge is 0.334 e. The number of carbonyl (C=O) groups is 2. The zero-order valence-electron chi connectivity index (χ0n) is 16.1. The second-order valence-corrected chi connectivity index (χ2v) is 8.92. The summed E-state index contributed by atoms with van der Waals surface area (Å²) in [6.45, 7) is 11.1. The number of fused-ring (bicyclic) bond motifs is 1. The minimum Gasteiger partial charge on any atom is -0.459 e. The van der Waals surface area contributed by atoms with Crippen molar-refractivity contribution in [3.05, 3.63) is 24.3 Å². The molecule has 0 amide bonds. The fourth-order valence-corrected chi connectivity index (χ4v) is 5.00. The molecule has 27 heavy (non-hydrogen) atoms. The lowest BCUT2D eigenvalue weighted by atomic mass is 9.70. The Morgan fingerprint density at radius 3 is 2.67 bits per heavy atom. The molecule has 1 saturated carbocycles. The van der Waals surface area contributed by atoms with Crippen molar-refractivity contribution < 1.29 is 33.9 Å². The van der Waals surface area contributed by atoms with Gasteiger partial charge < -0.3 is 14.6 Å². The van der Waals surface area contributed by atoms with Gasteiger partial charge in [0.1, 0.15) is 23.4 Å². The van der Waals surface area contributed by atoms with E-state index in [4.69, 9.17) is 19.2 Å². The number of hydrogen-bond donors (Lipinski definition) is 1. The Bertz CT molecular complexity index is 739. The van der Waals surface area contributed by atoms with Gasteiger partial charge in [-0.15, -0.1) is 0 Å². The number of esters is 2. The van der Waals surface area contributed by atoms with Gasteiger partial charge >= 0.3 is 11.9 Å². The molecule has 1 N–H and O–H groups in total. The van der Waals surface area contributed by atoms with Crippen molar-refractivity contribution in [1.82, 2.24) is 0 Å². The van der Waals surface area contributed by atoms with Crippen LogP contribution in [0.4, 0.5) is 0 Å². The van der Waals surface area contributed by atoms with Crippen molar-refractivity contribution in [2.45, 2.75) is 69.5 Å². The van der Waals surface area contributed by atoms with Crippen molar-refractivity contribution in [2.75, 3.05) is 0 Å². The van der Waals surface area contributed by atoms with E-state index in [9.17, 15) is 14.7 Å². The van der Waals surface area contributed by atoms with Gasteiger partial charge in [0, 0.05) is 17.9 Å². The van der Waals surface area contributed by atoms with E-state index < -0.39 is 52.8 Å². The normalized spacial score (nSPS) is 47.6. The molecule has 4 rings (SSSR count). The molecule has 148 valence electrons. The van der Waals surface area contributed by atoms with Crippen LogP contribution in [0, 0.1) is 17.8 Å². The first-order valence-corrected chi connectivity index (χ1v) is 9.41. The standard InChI is InChI=1S/C20H26O7/c1-10(2)8-14(21)24-13-9-12-11(3)17(22)25-15(12)16-18(4)6-7-20(16,27-26-18)19(13,5)23/h6-7,10,12-13,15-16,23H,3,8-9H2,1-2,4-5H3/t12-,13+,15-,16-,18+,19+,20-/m0/s1. The topological polar surface area (TPSA) is 91.3 Å². The number of rotatable bonds is 3. The van der Waals surface area contributed by atoms with Crippen LogP contribution in [0.1, 0.15) is 40.5 Å². The first-order chi connectivity index (χ1) is 12.5. The van der Waals surface area contributed by atoms with Crippen LogP contribution in [0.25, 0.3) is 0 Å². The molecule has 2 bridgehead atoms. The highest BCUT2D eigenvalue weighted by molar-refractivity contribution is 5.91. The fourth-order valence-electron chi connectivity index (χ4n) is 5.00. The zero-order chi connectivity index (χ0) is 19.8. The third kappa shape index (κ3) is 2.38. The van der Waals surface area contributed by atoms with Gasteiger partial charge in [0.2, 0.25) is 0 Å². The van der Waals surface area contributed by atoms with E-state index in [1.807, 2.05) is 26.8 Å². The molecular weight excluding hydrogens is 352 g/mol. The van der Waals surface area contributed by atoms with Gasteiger partial charge in [-0.2, -0.15) is 0 Å². The van der Waals surface area contributed by atoms with E-state index >= 15 is 0 Å². The van der Waals surface area contributed by atoms with Gasteiger partial charge in [-0.1, -0.05) is 26.5 Å². The molecule has 2 saturated heterocycles. The molecule has 7 nitrogen and oxygen atoms in total. The molecule has 2 heterocycles. The summed E-state index contributed by atoms with van der Waals surface area (Å²) >= 11 is 0. The average molecular weight is 378 g/mol. The molecule has 0 aromatic rings. The largest absolute Gasteiger partial charge is 0.459 e. The van der Waals surface area contributed by atoms with Gasteiger partial charge in [0.05, 0.1) is 5.92 Å². The monoisotopic (exact) mass is 378 g/mol. The molecule has 0 spiro atoms. The number of carbonyl (C=O) groups excluding carboxylic acids is 2. The lowest BCUT2D eigenvalue weighted by molar-refractivity contribution is -0.366. The Hall–Kier alpha value is -1.70. The second-order valence-electron chi connectivity index (χ2n) is 8.92. The van der Waals surface area contributed by atoms with Crippen LogP contribution in [0.5, 0.6) is 0 Å². The van der Waals surface area contributed by atoms with Crippen molar-refractivity contribution in [2.24, 2.45) is 17.8 Å². The van der Waals surface area contributed by atoms with E-state index in [0.29, 0.717) is 5.57 Å². The maximum atomic E-state index is 12.4. The highest BCUT2D eigenvalue weighted by atomic mass is 17.2. The predicted molar refractivity (Wildman–Crippen MR) is 93.0 cm³/mol. The van der Waals surface area contributed by atoms with Crippen molar-refractivity contribution >= 4 is 11.9 Å². The highest BCUT2D eigenvalue weighted by Gasteiger charge is 2.76. The van der Waals surface area contributed by atoms with Crippen molar-refractivity contribution in [1.29, 1.82) is 0 Å². The Labute approximate surface area is 158 Å². The van der Waals surface area contributed by atoms with Gasteiger partial charge in [0.25, 0.3) is 0 Å². The number of aliphatic hydroxyl groups is 1. The van der Waals surface area contributed by atoms with Crippen molar-refractivity contribution in [3.8, 4) is 0 Å². The first kappa shape index (κ1) is 18.7. The van der Waals surface area contributed by atoms with E-state index in [1.54, 1.807) is 13.0 Å². The Morgan fingerprint density at radius 2 is 2.07 bits per heavy atom. The summed E-state index contributed by atoms with van der Waals surface area (Å²) in [7, 11) is 0. The fraction of sp³-hybridized carbons (Fsp3) is 0.700. The van der Waals surface area contributed by atoms with Crippen LogP contribution in [0.15, 0.2) is 24.3 Å². The molecule has 2 aliphatic carbocycles.